The Labute approximate surface area is 363 Å². The third-order valence-electron chi connectivity index (χ3n) is 10.3. The molecule has 0 saturated heterocycles. The summed E-state index contributed by atoms with van der Waals surface area (Å²) in [6.45, 7) is 0.0514. The molecule has 16 nitrogen and oxygen atoms in total. The Kier molecular flexibility index (Phi) is 18.2. The summed E-state index contributed by atoms with van der Waals surface area (Å²) >= 11 is 0. The normalized spacial score (nSPS) is 11.6. The molecule has 0 bridgehead atoms. The lowest BCUT2D eigenvalue weighted by Gasteiger charge is -2.28. The fourth-order valence-corrected chi connectivity index (χ4v) is 7.24. The Morgan fingerprint density at radius 3 is 0.984 bits per heavy atom. The molecule has 0 aliphatic heterocycles. The molecule has 2 atom stereocenters. The van der Waals surface area contributed by atoms with Gasteiger partial charge < -0.3 is 66.3 Å². The number of hydrogen-bond donors (Lipinski definition) is 0. The summed E-state index contributed by atoms with van der Waals surface area (Å²) in [4.78, 5) is 27.3. The Hall–Kier alpha value is -6.58. The number of rotatable bonds is 25. The van der Waals surface area contributed by atoms with Gasteiger partial charge >= 0.3 is 11.9 Å². The zero-order valence-corrected chi connectivity index (χ0v) is 37.5. The van der Waals surface area contributed by atoms with E-state index in [1.807, 2.05) is 24.3 Å². The van der Waals surface area contributed by atoms with Gasteiger partial charge in [0.05, 0.1) is 110 Å². The molecule has 16 heteroatoms. The summed E-state index contributed by atoms with van der Waals surface area (Å²) in [6.07, 6.45) is 1.84. The van der Waals surface area contributed by atoms with Crippen LogP contribution in [0.15, 0.2) is 48.5 Å². The van der Waals surface area contributed by atoms with Crippen LogP contribution in [0.2, 0.25) is 0 Å². The number of methoxy groups -OCH3 is 12. The van der Waals surface area contributed by atoms with E-state index in [1.165, 1.54) is 81.1 Å². The summed E-state index contributed by atoms with van der Waals surface area (Å²) in [7, 11) is 18.1. The number of benzene rings is 4. The van der Waals surface area contributed by atoms with E-state index in [1.54, 1.807) is 28.4 Å². The van der Waals surface area contributed by atoms with Crippen LogP contribution in [0.4, 0.5) is 0 Å². The molecule has 4 aromatic carbocycles. The van der Waals surface area contributed by atoms with Gasteiger partial charge in [0.25, 0.3) is 0 Å². The third-order valence-corrected chi connectivity index (χ3v) is 10.3. The molecule has 0 amide bonds. The standard InChI is InChI=1S/C46H58O16/c1-49-33-18-27(19-34(50-2)41(33)57-9)16-29(14-13-15-61-45(47)30-22-37(53-5)43(59-11)38(23-30)54-6)32(17-28-20-35(51-3)42(58-10)36(21-28)52-4)26-62-46(48)31-24-39(55-7)44(60-12)40(25-31)56-8/h18-25,29,32H,13-17,26H2,1-12H3/t29-,32+/m1/s1. The third kappa shape index (κ3) is 11.4. The molecular weight excluding hydrogens is 808 g/mol. The van der Waals surface area contributed by atoms with E-state index in [-0.39, 0.29) is 36.2 Å². The smallest absolute Gasteiger partial charge is 0.338 e. The molecule has 0 aliphatic rings. The maximum absolute atomic E-state index is 13.9. The van der Waals surface area contributed by atoms with Crippen molar-refractivity contribution in [2.45, 2.75) is 25.7 Å². The predicted molar refractivity (Wildman–Crippen MR) is 229 cm³/mol. The summed E-state index contributed by atoms with van der Waals surface area (Å²) < 4.78 is 78.7. The maximum Gasteiger partial charge on any atom is 0.338 e. The fraction of sp³-hybridized carbons (Fsp3) is 0.435. The molecule has 338 valence electrons. The Morgan fingerprint density at radius 2 is 0.677 bits per heavy atom. The summed E-state index contributed by atoms with van der Waals surface area (Å²) in [6, 6.07) is 13.6. The van der Waals surface area contributed by atoms with Gasteiger partial charge in [-0.05, 0) is 91.3 Å². The van der Waals surface area contributed by atoms with E-state index in [9.17, 15) is 9.59 Å². The zero-order valence-electron chi connectivity index (χ0n) is 37.5. The maximum atomic E-state index is 13.9. The second-order valence-corrected chi connectivity index (χ2v) is 13.7. The van der Waals surface area contributed by atoms with Crippen molar-refractivity contribution in [1.82, 2.24) is 0 Å². The van der Waals surface area contributed by atoms with E-state index in [4.69, 9.17) is 66.3 Å². The molecule has 4 rings (SSSR count). The van der Waals surface area contributed by atoms with Crippen molar-refractivity contribution < 1.29 is 75.9 Å². The van der Waals surface area contributed by atoms with Gasteiger partial charge in [0.15, 0.2) is 46.0 Å². The molecule has 0 saturated carbocycles. The van der Waals surface area contributed by atoms with E-state index in [0.717, 1.165) is 11.1 Å². The highest BCUT2D eigenvalue weighted by atomic mass is 16.6. The number of ether oxygens (including phenoxy) is 14. The van der Waals surface area contributed by atoms with Gasteiger partial charge in [-0.1, -0.05) is 0 Å². The average Bonchev–Trinajstić information content (AvgIpc) is 3.31. The van der Waals surface area contributed by atoms with Gasteiger partial charge in [-0.3, -0.25) is 0 Å². The van der Waals surface area contributed by atoms with Crippen LogP contribution in [-0.2, 0) is 22.3 Å². The highest BCUT2D eigenvalue weighted by Gasteiger charge is 2.28. The fourth-order valence-electron chi connectivity index (χ4n) is 7.24. The van der Waals surface area contributed by atoms with Crippen molar-refractivity contribution >= 4 is 11.9 Å². The number of hydrogen-bond acceptors (Lipinski definition) is 16. The lowest BCUT2D eigenvalue weighted by Crippen LogP contribution is -2.27. The minimum atomic E-state index is -0.607. The molecule has 0 radical (unpaired) electrons. The van der Waals surface area contributed by atoms with Crippen molar-refractivity contribution in [1.29, 1.82) is 0 Å². The van der Waals surface area contributed by atoms with E-state index >= 15 is 0 Å². The van der Waals surface area contributed by atoms with Crippen LogP contribution in [0, 0.1) is 11.8 Å². The quantitative estimate of drug-likeness (QED) is 0.0481. The van der Waals surface area contributed by atoms with Crippen molar-refractivity contribution in [3.63, 3.8) is 0 Å². The van der Waals surface area contributed by atoms with Crippen LogP contribution in [0.25, 0.3) is 0 Å². The minimum absolute atomic E-state index is 0.0214. The molecule has 4 aromatic rings. The van der Waals surface area contributed by atoms with Gasteiger partial charge in [0.1, 0.15) is 0 Å². The molecule has 0 spiro atoms. The van der Waals surface area contributed by atoms with Crippen molar-refractivity contribution in [3.8, 4) is 69.0 Å². The summed E-state index contributed by atoms with van der Waals surface area (Å²) in [5.74, 6) is 2.99. The van der Waals surface area contributed by atoms with Gasteiger partial charge in [0, 0.05) is 5.92 Å². The highest BCUT2D eigenvalue weighted by Crippen LogP contribution is 2.43. The lowest BCUT2D eigenvalue weighted by atomic mass is 9.80. The summed E-state index contributed by atoms with van der Waals surface area (Å²) in [5.41, 5.74) is 2.13. The molecule has 0 aromatic heterocycles. The largest absolute Gasteiger partial charge is 0.493 e. The second-order valence-electron chi connectivity index (χ2n) is 13.7. The molecule has 0 N–H and O–H groups in total. The van der Waals surface area contributed by atoms with E-state index in [0.29, 0.717) is 94.7 Å². The topological polar surface area (TPSA) is 163 Å². The first-order valence-corrected chi connectivity index (χ1v) is 19.5. The average molecular weight is 867 g/mol. The van der Waals surface area contributed by atoms with Crippen LogP contribution >= 0.6 is 0 Å². The molecule has 0 heterocycles. The Balaban J connectivity index is 1.75. The molecule has 62 heavy (non-hydrogen) atoms. The van der Waals surface area contributed by atoms with Crippen molar-refractivity contribution in [2.75, 3.05) is 98.5 Å². The molecule has 0 fully saturated rings. The molecular formula is C46H58O16. The predicted octanol–water partition coefficient (Wildman–Crippen LogP) is 7.30. The first-order valence-electron chi connectivity index (χ1n) is 19.5. The highest BCUT2D eigenvalue weighted by molar-refractivity contribution is 5.92. The molecule has 0 unspecified atom stereocenters. The summed E-state index contributed by atoms with van der Waals surface area (Å²) in [5, 5.41) is 0. The second kappa shape index (κ2) is 23.4. The van der Waals surface area contributed by atoms with Crippen molar-refractivity contribution in [2.24, 2.45) is 11.8 Å². The number of carbonyl (C=O) groups excluding carboxylic acids is 2. The van der Waals surface area contributed by atoms with Gasteiger partial charge in [-0.2, -0.15) is 0 Å². The first kappa shape index (κ1) is 48.1. The van der Waals surface area contributed by atoms with Crippen LogP contribution in [0.5, 0.6) is 69.0 Å². The minimum Gasteiger partial charge on any atom is -0.493 e. The number of esters is 2. The lowest BCUT2D eigenvalue weighted by molar-refractivity contribution is 0.0361. The van der Waals surface area contributed by atoms with Gasteiger partial charge in [-0.15, -0.1) is 0 Å². The van der Waals surface area contributed by atoms with Crippen LogP contribution in [0.3, 0.4) is 0 Å². The van der Waals surface area contributed by atoms with Crippen molar-refractivity contribution in [3.05, 3.63) is 70.8 Å². The first-order chi connectivity index (χ1) is 30.0. The van der Waals surface area contributed by atoms with Crippen LogP contribution in [0.1, 0.15) is 44.7 Å². The van der Waals surface area contributed by atoms with Crippen LogP contribution < -0.4 is 56.8 Å². The zero-order chi connectivity index (χ0) is 45.3. The van der Waals surface area contributed by atoms with E-state index < -0.39 is 11.9 Å². The number of carbonyl (C=O) groups is 2. The Bertz CT molecular complexity index is 2010. The van der Waals surface area contributed by atoms with Gasteiger partial charge in [-0.25, -0.2) is 9.59 Å². The van der Waals surface area contributed by atoms with E-state index in [2.05, 4.69) is 0 Å². The van der Waals surface area contributed by atoms with Gasteiger partial charge in [0.2, 0.25) is 23.0 Å². The monoisotopic (exact) mass is 866 g/mol. The SMILES string of the molecule is COc1cc(C[C@@H](CCCOC(=O)c2cc(OC)c(OC)c(OC)c2)[C@H](COC(=O)c2cc(OC)c(OC)c(OC)c2)Cc2cc(OC)c(OC)c(OC)c2)cc(OC)c1OC. The molecule has 0 aliphatic carbocycles. The van der Waals surface area contributed by atoms with Crippen LogP contribution in [-0.4, -0.2) is 110 Å². The Morgan fingerprint density at radius 1 is 0.387 bits per heavy atom.